The Labute approximate surface area is 87.8 Å². The second-order valence-corrected chi connectivity index (χ2v) is 2.26. The Morgan fingerprint density at radius 1 is 1.27 bits per heavy atom. The van der Waals surface area contributed by atoms with E-state index in [-0.39, 0.29) is 32.2 Å². The summed E-state index contributed by atoms with van der Waals surface area (Å²) >= 11 is 0. The molecule has 0 saturated carbocycles. The standard InChI is InChI=1S/C8H16O2.Zr/c1-3-5-6-7-8(9)10-4-2;/h3-7H2,1-2H3;/q;+4. The van der Waals surface area contributed by atoms with Gasteiger partial charge < -0.3 is 4.74 Å². The fourth-order valence-corrected chi connectivity index (χ4v) is 0.752. The third-order valence-electron chi connectivity index (χ3n) is 1.29. The summed E-state index contributed by atoms with van der Waals surface area (Å²) in [6.07, 6.45) is 3.83. The molecule has 0 atom stereocenters. The van der Waals surface area contributed by atoms with E-state index in [0.717, 1.165) is 19.3 Å². The number of carbonyl (C=O) groups is 1. The summed E-state index contributed by atoms with van der Waals surface area (Å²) in [6.45, 7) is 4.45. The van der Waals surface area contributed by atoms with Gasteiger partial charge in [-0.25, -0.2) is 0 Å². The van der Waals surface area contributed by atoms with Crippen LogP contribution < -0.4 is 0 Å². The van der Waals surface area contributed by atoms with Crippen molar-refractivity contribution < 1.29 is 35.7 Å². The van der Waals surface area contributed by atoms with Gasteiger partial charge in [-0.1, -0.05) is 19.8 Å². The molecule has 0 heterocycles. The molecule has 0 aromatic carbocycles. The van der Waals surface area contributed by atoms with Gasteiger partial charge in [-0.3, -0.25) is 4.79 Å². The summed E-state index contributed by atoms with van der Waals surface area (Å²) in [5.74, 6) is -0.0593. The molecule has 0 amide bonds. The van der Waals surface area contributed by atoms with Gasteiger partial charge in [0.2, 0.25) is 0 Å². The smallest absolute Gasteiger partial charge is 0.466 e. The Kier molecular flexibility index (Phi) is 13.1. The fraction of sp³-hybridized carbons (Fsp3) is 0.875. The van der Waals surface area contributed by atoms with Crippen molar-refractivity contribution in [2.45, 2.75) is 39.5 Å². The number of hydrogen-bond donors (Lipinski definition) is 0. The molecular formula is C8H16O2Zr+4. The predicted octanol–water partition coefficient (Wildman–Crippen LogP) is 2.13. The fourth-order valence-electron chi connectivity index (χ4n) is 0.752. The molecule has 0 bridgehead atoms. The monoisotopic (exact) mass is 234 g/mol. The van der Waals surface area contributed by atoms with Gasteiger partial charge in [0.1, 0.15) is 0 Å². The van der Waals surface area contributed by atoms with Crippen molar-refractivity contribution in [2.24, 2.45) is 0 Å². The van der Waals surface area contributed by atoms with E-state index in [1.165, 1.54) is 0 Å². The first-order valence-electron chi connectivity index (χ1n) is 3.96. The van der Waals surface area contributed by atoms with E-state index in [2.05, 4.69) is 6.92 Å². The molecule has 60 valence electrons. The third-order valence-corrected chi connectivity index (χ3v) is 1.29. The molecular weight excluding hydrogens is 219 g/mol. The first-order chi connectivity index (χ1) is 4.81. The van der Waals surface area contributed by atoms with Gasteiger partial charge in [0, 0.05) is 6.42 Å². The predicted molar refractivity (Wildman–Crippen MR) is 40.8 cm³/mol. The molecule has 0 aliphatic heterocycles. The van der Waals surface area contributed by atoms with E-state index in [0.29, 0.717) is 13.0 Å². The summed E-state index contributed by atoms with van der Waals surface area (Å²) in [4.78, 5) is 10.7. The molecule has 0 fully saturated rings. The molecule has 0 aromatic rings. The molecule has 0 aliphatic carbocycles. The Bertz CT molecular complexity index is 94.1. The minimum absolute atomic E-state index is 0. The van der Waals surface area contributed by atoms with Gasteiger partial charge in [-0.05, 0) is 13.3 Å². The van der Waals surface area contributed by atoms with Crippen molar-refractivity contribution in [1.82, 2.24) is 0 Å². The van der Waals surface area contributed by atoms with Crippen LogP contribution in [0.25, 0.3) is 0 Å². The largest absolute Gasteiger partial charge is 4.00 e. The molecule has 0 spiro atoms. The molecule has 2 nitrogen and oxygen atoms in total. The molecule has 0 radical (unpaired) electrons. The van der Waals surface area contributed by atoms with Crippen LogP contribution in [-0.4, -0.2) is 12.6 Å². The molecule has 0 rings (SSSR count). The Morgan fingerprint density at radius 3 is 2.36 bits per heavy atom. The maximum atomic E-state index is 10.7. The molecule has 3 heteroatoms. The van der Waals surface area contributed by atoms with Gasteiger partial charge in [0.25, 0.3) is 0 Å². The first-order valence-corrected chi connectivity index (χ1v) is 3.96. The Hall–Kier alpha value is 0.353. The zero-order valence-electron chi connectivity index (χ0n) is 7.35. The van der Waals surface area contributed by atoms with E-state index < -0.39 is 0 Å². The average molecular weight is 235 g/mol. The Morgan fingerprint density at radius 2 is 1.91 bits per heavy atom. The maximum Gasteiger partial charge on any atom is 4.00 e. The van der Waals surface area contributed by atoms with Crippen LogP contribution in [-0.2, 0) is 35.7 Å². The minimum atomic E-state index is -0.0593. The van der Waals surface area contributed by atoms with E-state index in [1.54, 1.807) is 0 Å². The molecule has 0 saturated heterocycles. The summed E-state index contributed by atoms with van der Waals surface area (Å²) in [7, 11) is 0. The van der Waals surface area contributed by atoms with E-state index in [9.17, 15) is 4.79 Å². The van der Waals surface area contributed by atoms with Crippen molar-refractivity contribution in [1.29, 1.82) is 0 Å². The minimum Gasteiger partial charge on any atom is -0.466 e. The number of esters is 1. The number of unbranched alkanes of at least 4 members (excludes halogenated alkanes) is 2. The normalized spacial score (nSPS) is 8.55. The van der Waals surface area contributed by atoms with E-state index in [1.807, 2.05) is 6.92 Å². The molecule has 11 heavy (non-hydrogen) atoms. The van der Waals surface area contributed by atoms with Gasteiger partial charge in [-0.2, -0.15) is 0 Å². The van der Waals surface area contributed by atoms with Gasteiger partial charge in [0.15, 0.2) is 0 Å². The van der Waals surface area contributed by atoms with Crippen molar-refractivity contribution in [3.8, 4) is 0 Å². The van der Waals surface area contributed by atoms with Crippen LogP contribution in [0.4, 0.5) is 0 Å². The number of carbonyl (C=O) groups excluding carboxylic acids is 1. The van der Waals surface area contributed by atoms with Crippen molar-refractivity contribution in [2.75, 3.05) is 6.61 Å². The summed E-state index contributed by atoms with van der Waals surface area (Å²) in [5, 5.41) is 0. The van der Waals surface area contributed by atoms with E-state index in [4.69, 9.17) is 4.74 Å². The SMILES string of the molecule is CCCCCC(=O)OCC.[Zr+4]. The van der Waals surface area contributed by atoms with Crippen LogP contribution in [0.3, 0.4) is 0 Å². The zero-order chi connectivity index (χ0) is 7.82. The van der Waals surface area contributed by atoms with Crippen LogP contribution in [0.2, 0.25) is 0 Å². The molecule has 0 N–H and O–H groups in total. The van der Waals surface area contributed by atoms with Crippen LogP contribution in [0.1, 0.15) is 39.5 Å². The topological polar surface area (TPSA) is 26.3 Å². The van der Waals surface area contributed by atoms with Crippen molar-refractivity contribution >= 4 is 5.97 Å². The van der Waals surface area contributed by atoms with Crippen molar-refractivity contribution in [3.63, 3.8) is 0 Å². The zero-order valence-corrected chi connectivity index (χ0v) is 9.81. The third kappa shape index (κ3) is 10.4. The number of hydrogen-bond acceptors (Lipinski definition) is 2. The van der Waals surface area contributed by atoms with Gasteiger partial charge in [0.05, 0.1) is 6.61 Å². The van der Waals surface area contributed by atoms with Gasteiger partial charge >= 0.3 is 32.2 Å². The number of rotatable bonds is 5. The van der Waals surface area contributed by atoms with Gasteiger partial charge in [-0.15, -0.1) is 0 Å². The summed E-state index contributed by atoms with van der Waals surface area (Å²) < 4.78 is 4.75. The average Bonchev–Trinajstić information content (AvgIpc) is 1.89. The van der Waals surface area contributed by atoms with Crippen LogP contribution in [0.5, 0.6) is 0 Å². The van der Waals surface area contributed by atoms with Crippen LogP contribution >= 0.6 is 0 Å². The second kappa shape index (κ2) is 10.4. The number of ether oxygens (including phenoxy) is 1. The quantitative estimate of drug-likeness (QED) is 0.539. The van der Waals surface area contributed by atoms with Crippen molar-refractivity contribution in [3.05, 3.63) is 0 Å². The Balaban J connectivity index is 0. The van der Waals surface area contributed by atoms with Crippen LogP contribution in [0, 0.1) is 0 Å². The molecule has 0 aromatic heterocycles. The summed E-state index contributed by atoms with van der Waals surface area (Å²) in [5.41, 5.74) is 0. The summed E-state index contributed by atoms with van der Waals surface area (Å²) in [6, 6.07) is 0. The first kappa shape index (κ1) is 13.9. The second-order valence-electron chi connectivity index (χ2n) is 2.26. The maximum absolute atomic E-state index is 10.7. The molecule has 0 aliphatic rings. The van der Waals surface area contributed by atoms with E-state index >= 15 is 0 Å². The molecule has 0 unspecified atom stereocenters. The van der Waals surface area contributed by atoms with Crippen LogP contribution in [0.15, 0.2) is 0 Å².